The molecular formula is C20H26N2O6. The van der Waals surface area contributed by atoms with E-state index in [-0.39, 0.29) is 25.0 Å². The molecule has 1 fully saturated rings. The number of rotatable bonds is 8. The molecule has 152 valence electrons. The number of hydrogen-bond acceptors (Lipinski definition) is 6. The predicted octanol–water partition coefficient (Wildman–Crippen LogP) is 1.37. The number of amides is 2. The van der Waals surface area contributed by atoms with Crippen molar-refractivity contribution in [2.75, 3.05) is 33.4 Å². The maximum atomic E-state index is 12.2. The van der Waals surface area contributed by atoms with E-state index in [4.69, 9.17) is 19.9 Å². The molecule has 1 aromatic carbocycles. The van der Waals surface area contributed by atoms with Crippen molar-refractivity contribution in [3.63, 3.8) is 0 Å². The number of primary amides is 1. The van der Waals surface area contributed by atoms with Crippen molar-refractivity contribution in [2.24, 2.45) is 11.7 Å². The minimum Gasteiger partial charge on any atom is -0.493 e. The fraction of sp³-hybridized carbons (Fsp3) is 0.450. The van der Waals surface area contributed by atoms with E-state index in [1.165, 1.54) is 12.0 Å². The van der Waals surface area contributed by atoms with E-state index in [0.29, 0.717) is 30.9 Å². The zero-order valence-electron chi connectivity index (χ0n) is 16.2. The second-order valence-corrected chi connectivity index (χ2v) is 6.44. The Bertz CT molecular complexity index is 746. The molecule has 1 aliphatic heterocycles. The molecule has 0 spiro atoms. The third kappa shape index (κ3) is 6.00. The van der Waals surface area contributed by atoms with E-state index < -0.39 is 18.5 Å². The zero-order chi connectivity index (χ0) is 20.5. The molecular weight excluding hydrogens is 364 g/mol. The summed E-state index contributed by atoms with van der Waals surface area (Å²) >= 11 is 0. The fourth-order valence-electron chi connectivity index (χ4n) is 2.95. The Hall–Kier alpha value is -3.03. The van der Waals surface area contributed by atoms with Gasteiger partial charge in [-0.05, 0) is 37.5 Å². The first-order chi connectivity index (χ1) is 13.4. The number of carbonyl (C=O) groups is 3. The quantitative estimate of drug-likeness (QED) is 0.672. The van der Waals surface area contributed by atoms with Gasteiger partial charge in [0.25, 0.3) is 5.91 Å². The number of likely N-dealkylation sites (tertiary alicyclic amines) is 1. The summed E-state index contributed by atoms with van der Waals surface area (Å²) in [6, 6.07) is 5.32. The van der Waals surface area contributed by atoms with Crippen LogP contribution in [0.25, 0.3) is 6.08 Å². The molecule has 1 heterocycles. The Labute approximate surface area is 164 Å². The Kier molecular flexibility index (Phi) is 7.86. The van der Waals surface area contributed by atoms with Crippen molar-refractivity contribution in [1.82, 2.24) is 4.90 Å². The Balaban J connectivity index is 1.81. The first kappa shape index (κ1) is 21.3. The molecule has 0 radical (unpaired) electrons. The molecule has 0 saturated carbocycles. The lowest BCUT2D eigenvalue weighted by atomic mass is 9.97. The van der Waals surface area contributed by atoms with Crippen molar-refractivity contribution in [1.29, 1.82) is 0 Å². The first-order valence-electron chi connectivity index (χ1n) is 9.10. The van der Waals surface area contributed by atoms with Crippen LogP contribution in [0.4, 0.5) is 0 Å². The SMILES string of the molecule is C/C=C/c1ccc(OCC(=O)OCC(=O)N2CCC[C@@H](C(N)=O)C2)c(OC)c1. The molecule has 2 amide bonds. The lowest BCUT2D eigenvalue weighted by molar-refractivity contribution is -0.154. The van der Waals surface area contributed by atoms with Crippen LogP contribution >= 0.6 is 0 Å². The van der Waals surface area contributed by atoms with Gasteiger partial charge in [-0.1, -0.05) is 18.2 Å². The Morgan fingerprint density at radius 2 is 2.04 bits per heavy atom. The normalized spacial score (nSPS) is 16.6. The highest BCUT2D eigenvalue weighted by atomic mass is 16.6. The third-order valence-electron chi connectivity index (χ3n) is 4.43. The molecule has 2 rings (SSSR count). The second kappa shape index (κ2) is 10.3. The number of piperidine rings is 1. The summed E-state index contributed by atoms with van der Waals surface area (Å²) in [6.07, 6.45) is 5.17. The van der Waals surface area contributed by atoms with Gasteiger partial charge < -0.3 is 24.8 Å². The van der Waals surface area contributed by atoms with Crippen LogP contribution in [-0.4, -0.2) is 56.1 Å². The lowest BCUT2D eigenvalue weighted by Crippen LogP contribution is -2.45. The average Bonchev–Trinajstić information content (AvgIpc) is 2.71. The van der Waals surface area contributed by atoms with Gasteiger partial charge in [0.15, 0.2) is 24.7 Å². The van der Waals surface area contributed by atoms with Crippen LogP contribution in [0.3, 0.4) is 0 Å². The van der Waals surface area contributed by atoms with Crippen LogP contribution in [-0.2, 0) is 19.1 Å². The van der Waals surface area contributed by atoms with E-state index in [2.05, 4.69) is 0 Å². The monoisotopic (exact) mass is 390 g/mol. The largest absolute Gasteiger partial charge is 0.493 e. The van der Waals surface area contributed by atoms with Gasteiger partial charge in [0.2, 0.25) is 5.91 Å². The number of nitrogens with two attached hydrogens (primary N) is 1. The van der Waals surface area contributed by atoms with Crippen LogP contribution in [0, 0.1) is 5.92 Å². The van der Waals surface area contributed by atoms with Crippen LogP contribution in [0.15, 0.2) is 24.3 Å². The van der Waals surface area contributed by atoms with E-state index in [0.717, 1.165) is 5.56 Å². The number of esters is 1. The lowest BCUT2D eigenvalue weighted by Gasteiger charge is -2.31. The molecule has 0 aromatic heterocycles. The molecule has 1 aliphatic rings. The smallest absolute Gasteiger partial charge is 0.344 e. The van der Waals surface area contributed by atoms with Crippen molar-refractivity contribution < 1.29 is 28.6 Å². The molecule has 1 atom stereocenters. The van der Waals surface area contributed by atoms with Crippen LogP contribution in [0.2, 0.25) is 0 Å². The van der Waals surface area contributed by atoms with Gasteiger partial charge >= 0.3 is 5.97 Å². The summed E-state index contributed by atoms with van der Waals surface area (Å²) in [4.78, 5) is 36.9. The molecule has 8 heteroatoms. The van der Waals surface area contributed by atoms with Crippen molar-refractivity contribution in [2.45, 2.75) is 19.8 Å². The predicted molar refractivity (Wildman–Crippen MR) is 103 cm³/mol. The molecule has 1 saturated heterocycles. The van der Waals surface area contributed by atoms with Crippen LogP contribution in [0.5, 0.6) is 11.5 Å². The van der Waals surface area contributed by atoms with Gasteiger partial charge in [-0.3, -0.25) is 9.59 Å². The maximum Gasteiger partial charge on any atom is 0.344 e. The molecule has 0 bridgehead atoms. The third-order valence-corrected chi connectivity index (χ3v) is 4.43. The van der Waals surface area contributed by atoms with E-state index in [1.807, 2.05) is 25.1 Å². The molecule has 8 nitrogen and oxygen atoms in total. The van der Waals surface area contributed by atoms with Gasteiger partial charge in [-0.25, -0.2) is 4.79 Å². The topological polar surface area (TPSA) is 108 Å². The van der Waals surface area contributed by atoms with Gasteiger partial charge in [0.05, 0.1) is 13.0 Å². The van der Waals surface area contributed by atoms with Crippen molar-refractivity contribution in [3.8, 4) is 11.5 Å². The standard InChI is InChI=1S/C20H26N2O6/c1-3-5-14-7-8-16(17(10-14)26-2)27-13-19(24)28-12-18(23)22-9-4-6-15(11-22)20(21)25/h3,5,7-8,10,15H,4,6,9,11-13H2,1-2H3,(H2,21,25)/b5-3+/t15-/m1/s1. The summed E-state index contributed by atoms with van der Waals surface area (Å²) in [7, 11) is 1.51. The summed E-state index contributed by atoms with van der Waals surface area (Å²) < 4.78 is 15.7. The zero-order valence-corrected chi connectivity index (χ0v) is 16.2. The molecule has 0 unspecified atom stereocenters. The number of carbonyl (C=O) groups excluding carboxylic acids is 3. The summed E-state index contributed by atoms with van der Waals surface area (Å²) in [5.74, 6) is -0.902. The average molecular weight is 390 g/mol. The van der Waals surface area contributed by atoms with E-state index >= 15 is 0 Å². The van der Waals surface area contributed by atoms with Crippen LogP contribution < -0.4 is 15.2 Å². The molecule has 28 heavy (non-hydrogen) atoms. The van der Waals surface area contributed by atoms with Gasteiger partial charge in [-0.2, -0.15) is 0 Å². The molecule has 0 aliphatic carbocycles. The molecule has 2 N–H and O–H groups in total. The fourth-order valence-corrected chi connectivity index (χ4v) is 2.95. The molecule has 1 aromatic rings. The van der Waals surface area contributed by atoms with Gasteiger partial charge in [0.1, 0.15) is 0 Å². The summed E-state index contributed by atoms with van der Waals surface area (Å²) in [5.41, 5.74) is 6.24. The number of allylic oxidation sites excluding steroid dienone is 1. The highest BCUT2D eigenvalue weighted by Gasteiger charge is 2.27. The van der Waals surface area contributed by atoms with Gasteiger partial charge in [0, 0.05) is 13.1 Å². The number of nitrogens with zero attached hydrogens (tertiary/aromatic N) is 1. The second-order valence-electron chi connectivity index (χ2n) is 6.44. The Morgan fingerprint density at radius 1 is 1.25 bits per heavy atom. The van der Waals surface area contributed by atoms with Crippen molar-refractivity contribution in [3.05, 3.63) is 29.8 Å². The number of benzene rings is 1. The Morgan fingerprint density at radius 3 is 2.71 bits per heavy atom. The van der Waals surface area contributed by atoms with Crippen molar-refractivity contribution >= 4 is 23.9 Å². The number of methoxy groups -OCH3 is 1. The minimum atomic E-state index is -0.670. The number of hydrogen-bond donors (Lipinski definition) is 1. The number of ether oxygens (including phenoxy) is 3. The maximum absolute atomic E-state index is 12.2. The van der Waals surface area contributed by atoms with E-state index in [1.54, 1.807) is 12.1 Å². The summed E-state index contributed by atoms with van der Waals surface area (Å²) in [6.45, 7) is 1.94. The highest BCUT2D eigenvalue weighted by Crippen LogP contribution is 2.28. The van der Waals surface area contributed by atoms with Gasteiger partial charge in [-0.15, -0.1) is 0 Å². The first-order valence-corrected chi connectivity index (χ1v) is 9.10. The highest BCUT2D eigenvalue weighted by molar-refractivity contribution is 5.82. The van der Waals surface area contributed by atoms with E-state index in [9.17, 15) is 14.4 Å². The van der Waals surface area contributed by atoms with Crippen LogP contribution in [0.1, 0.15) is 25.3 Å². The summed E-state index contributed by atoms with van der Waals surface area (Å²) in [5, 5.41) is 0. The minimum absolute atomic E-state index is 0.262.